The summed E-state index contributed by atoms with van der Waals surface area (Å²) in [6, 6.07) is 22.4. The number of amides is 1. The van der Waals surface area contributed by atoms with Crippen LogP contribution >= 0.6 is 34.7 Å². The Morgan fingerprint density at radius 3 is 2.56 bits per heavy atom. The van der Waals surface area contributed by atoms with Gasteiger partial charge in [-0.1, -0.05) is 71.0 Å². The Labute approximate surface area is 202 Å². The van der Waals surface area contributed by atoms with Gasteiger partial charge in [-0.25, -0.2) is 4.98 Å². The van der Waals surface area contributed by atoms with Crippen LogP contribution in [0.4, 0.5) is 5.13 Å². The Kier molecular flexibility index (Phi) is 7.51. The van der Waals surface area contributed by atoms with Gasteiger partial charge in [0.2, 0.25) is 5.91 Å². The number of benzene rings is 3. The molecular formula is C26H25ClN2OS2. The lowest BCUT2D eigenvalue weighted by Gasteiger charge is -2.20. The van der Waals surface area contributed by atoms with Crippen LogP contribution in [0.25, 0.3) is 10.2 Å². The predicted octanol–water partition coefficient (Wildman–Crippen LogP) is 7.67. The van der Waals surface area contributed by atoms with Crippen LogP contribution in [0.5, 0.6) is 0 Å². The molecule has 6 heteroatoms. The van der Waals surface area contributed by atoms with Crippen molar-refractivity contribution in [1.82, 2.24) is 4.98 Å². The zero-order chi connectivity index (χ0) is 22.5. The van der Waals surface area contributed by atoms with Gasteiger partial charge in [0.05, 0.1) is 16.8 Å². The molecule has 1 amide bonds. The first-order chi connectivity index (χ1) is 15.5. The van der Waals surface area contributed by atoms with Crippen LogP contribution in [0.15, 0.2) is 71.6 Å². The summed E-state index contributed by atoms with van der Waals surface area (Å²) < 4.78 is 1.01. The van der Waals surface area contributed by atoms with Gasteiger partial charge in [0.1, 0.15) is 0 Å². The van der Waals surface area contributed by atoms with Gasteiger partial charge >= 0.3 is 0 Å². The number of aromatic nitrogens is 1. The standard InChI is InChI=1S/C26H25ClN2OS2/c1-18-10-12-22(13-11-18)31-14-6-9-24(30)29(17-20-7-4-3-5-8-20)26-28-25-19(2)15-21(27)16-23(25)32-26/h3-5,7-8,10-13,15-16H,6,9,14,17H2,1-2H3. The monoisotopic (exact) mass is 480 g/mol. The average molecular weight is 481 g/mol. The van der Waals surface area contributed by atoms with Crippen molar-refractivity contribution in [3.63, 3.8) is 0 Å². The number of halogens is 1. The number of nitrogens with zero attached hydrogens (tertiary/aromatic N) is 2. The lowest BCUT2D eigenvalue weighted by atomic mass is 10.2. The predicted molar refractivity (Wildman–Crippen MR) is 138 cm³/mol. The first-order valence-corrected chi connectivity index (χ1v) is 12.8. The van der Waals surface area contributed by atoms with Crippen molar-refractivity contribution in [2.24, 2.45) is 0 Å². The van der Waals surface area contributed by atoms with E-state index in [1.165, 1.54) is 21.8 Å². The van der Waals surface area contributed by atoms with Crippen molar-refractivity contribution < 1.29 is 4.79 Å². The van der Waals surface area contributed by atoms with Crippen LogP contribution < -0.4 is 4.90 Å². The summed E-state index contributed by atoms with van der Waals surface area (Å²) in [4.78, 5) is 21.2. The Morgan fingerprint density at radius 1 is 1.06 bits per heavy atom. The van der Waals surface area contributed by atoms with Crippen molar-refractivity contribution >= 4 is 56.0 Å². The zero-order valence-corrected chi connectivity index (χ0v) is 20.6. The molecule has 0 aliphatic carbocycles. The molecule has 0 saturated heterocycles. The first-order valence-electron chi connectivity index (χ1n) is 10.6. The molecule has 0 aliphatic rings. The minimum absolute atomic E-state index is 0.0983. The zero-order valence-electron chi connectivity index (χ0n) is 18.2. The van der Waals surface area contributed by atoms with Crippen LogP contribution in [0.2, 0.25) is 5.02 Å². The highest BCUT2D eigenvalue weighted by Crippen LogP contribution is 2.34. The maximum Gasteiger partial charge on any atom is 0.229 e. The molecule has 0 spiro atoms. The molecule has 0 bridgehead atoms. The van der Waals surface area contributed by atoms with Gasteiger partial charge in [-0.2, -0.15) is 0 Å². The van der Waals surface area contributed by atoms with Crippen molar-refractivity contribution in [3.05, 3.63) is 88.4 Å². The minimum Gasteiger partial charge on any atom is -0.284 e. The van der Waals surface area contributed by atoms with Crippen molar-refractivity contribution in [2.45, 2.75) is 38.1 Å². The molecule has 32 heavy (non-hydrogen) atoms. The molecule has 0 aliphatic heterocycles. The summed E-state index contributed by atoms with van der Waals surface area (Å²) in [5.41, 5.74) is 4.28. The van der Waals surface area contributed by atoms with E-state index in [1.807, 2.05) is 54.3 Å². The lowest BCUT2D eigenvalue weighted by molar-refractivity contribution is -0.118. The quantitative estimate of drug-likeness (QED) is 0.191. The van der Waals surface area contributed by atoms with Gasteiger partial charge in [0.25, 0.3) is 0 Å². The number of rotatable bonds is 8. The minimum atomic E-state index is 0.0983. The van der Waals surface area contributed by atoms with Crippen LogP contribution in [-0.4, -0.2) is 16.6 Å². The number of aryl methyl sites for hydroxylation is 2. The van der Waals surface area contributed by atoms with E-state index in [0.29, 0.717) is 18.0 Å². The molecule has 3 aromatic carbocycles. The van der Waals surface area contributed by atoms with Gasteiger partial charge in [-0.05, 0) is 61.4 Å². The number of carbonyl (C=O) groups is 1. The maximum atomic E-state index is 13.3. The molecule has 0 fully saturated rings. The summed E-state index contributed by atoms with van der Waals surface area (Å²) in [5, 5.41) is 1.42. The number of carbonyl (C=O) groups excluding carboxylic acids is 1. The second-order valence-electron chi connectivity index (χ2n) is 7.80. The topological polar surface area (TPSA) is 33.2 Å². The van der Waals surface area contributed by atoms with Gasteiger partial charge < -0.3 is 0 Å². The van der Waals surface area contributed by atoms with E-state index in [4.69, 9.17) is 16.6 Å². The summed E-state index contributed by atoms with van der Waals surface area (Å²) >= 11 is 9.56. The molecule has 0 atom stereocenters. The highest BCUT2D eigenvalue weighted by atomic mass is 35.5. The van der Waals surface area contributed by atoms with Crippen molar-refractivity contribution in [1.29, 1.82) is 0 Å². The Balaban J connectivity index is 1.49. The highest BCUT2D eigenvalue weighted by Gasteiger charge is 2.20. The molecular weight excluding hydrogens is 456 g/mol. The third-order valence-corrected chi connectivity index (χ3v) is 7.52. The van der Waals surface area contributed by atoms with Crippen LogP contribution in [0.1, 0.15) is 29.5 Å². The third-order valence-electron chi connectivity index (χ3n) is 5.18. The van der Waals surface area contributed by atoms with E-state index >= 15 is 0 Å². The van der Waals surface area contributed by atoms with E-state index in [0.717, 1.165) is 38.6 Å². The molecule has 4 aromatic rings. The van der Waals surface area contributed by atoms with Gasteiger partial charge in [0.15, 0.2) is 5.13 Å². The summed E-state index contributed by atoms with van der Waals surface area (Å²) in [6.45, 7) is 4.60. The SMILES string of the molecule is Cc1ccc(SCCCC(=O)N(Cc2ccccc2)c2nc3c(C)cc(Cl)cc3s2)cc1. The summed E-state index contributed by atoms with van der Waals surface area (Å²) in [6.07, 6.45) is 1.31. The normalized spacial score (nSPS) is 11.1. The Morgan fingerprint density at radius 2 is 1.81 bits per heavy atom. The Hall–Kier alpha value is -2.34. The fraction of sp³-hybridized carbons (Fsp3) is 0.231. The second kappa shape index (κ2) is 10.5. The number of hydrogen-bond acceptors (Lipinski definition) is 4. The summed E-state index contributed by atoms with van der Waals surface area (Å²) in [5.74, 6) is 1.00. The molecule has 0 saturated carbocycles. The fourth-order valence-electron chi connectivity index (χ4n) is 3.47. The smallest absolute Gasteiger partial charge is 0.229 e. The van der Waals surface area contributed by atoms with Crippen LogP contribution in [-0.2, 0) is 11.3 Å². The van der Waals surface area contributed by atoms with Crippen LogP contribution in [0.3, 0.4) is 0 Å². The Bertz CT molecular complexity index is 1210. The van der Waals surface area contributed by atoms with E-state index in [-0.39, 0.29) is 5.91 Å². The van der Waals surface area contributed by atoms with Gasteiger partial charge in [-0.3, -0.25) is 9.69 Å². The maximum absolute atomic E-state index is 13.3. The second-order valence-corrected chi connectivity index (χ2v) is 10.4. The summed E-state index contributed by atoms with van der Waals surface area (Å²) in [7, 11) is 0. The first kappa shape index (κ1) is 22.8. The molecule has 3 nitrogen and oxygen atoms in total. The molecule has 1 aromatic heterocycles. The average Bonchev–Trinajstić information content (AvgIpc) is 3.21. The van der Waals surface area contributed by atoms with Gasteiger partial charge in [-0.15, -0.1) is 11.8 Å². The number of fused-ring (bicyclic) bond motifs is 1. The molecule has 0 unspecified atom stereocenters. The molecule has 164 valence electrons. The van der Waals surface area contributed by atoms with Crippen molar-refractivity contribution in [3.8, 4) is 0 Å². The number of thioether (sulfide) groups is 1. The highest BCUT2D eigenvalue weighted by molar-refractivity contribution is 7.99. The number of thiazole rings is 1. The van der Waals surface area contributed by atoms with Gasteiger partial charge in [0, 0.05) is 16.3 Å². The molecule has 1 heterocycles. The van der Waals surface area contributed by atoms with E-state index in [2.05, 4.69) is 31.2 Å². The third kappa shape index (κ3) is 5.71. The lowest BCUT2D eigenvalue weighted by Crippen LogP contribution is -2.30. The largest absolute Gasteiger partial charge is 0.284 e. The van der Waals surface area contributed by atoms with E-state index < -0.39 is 0 Å². The number of anilines is 1. The van der Waals surface area contributed by atoms with E-state index in [9.17, 15) is 4.79 Å². The van der Waals surface area contributed by atoms with E-state index in [1.54, 1.807) is 11.8 Å². The number of hydrogen-bond donors (Lipinski definition) is 0. The fourth-order valence-corrected chi connectivity index (χ4v) is 5.76. The molecule has 4 rings (SSSR count). The van der Waals surface area contributed by atoms with Crippen molar-refractivity contribution in [2.75, 3.05) is 10.7 Å². The van der Waals surface area contributed by atoms with Crippen LogP contribution in [0, 0.1) is 13.8 Å². The molecule has 0 radical (unpaired) electrons. The molecule has 0 N–H and O–H groups in total.